The molecule has 202 valence electrons. The molecule has 0 aliphatic carbocycles. The van der Waals surface area contributed by atoms with E-state index in [1.165, 1.54) is 14.2 Å². The molecule has 4 atom stereocenters. The standard InChI is InChI=1S/C30H30N2O7/c1-5-39-20-13-11-19(12-14-20)32-27(33)24-25(28(32)34)30(29(35)38-4,18-9-7-6-8-10-18)31-26(24)22-16-15-21(36-2)17-23(22)37-3/h6-17,24-26,31H,5H2,1-4H3/t24-,25-,26+,30+/m0/s1. The number of nitrogens with zero attached hydrogens (tertiary/aromatic N) is 1. The fraction of sp³-hybridized carbons (Fsp3) is 0.300. The molecule has 3 aromatic carbocycles. The van der Waals surface area contributed by atoms with Gasteiger partial charge in [0.15, 0.2) is 5.54 Å². The first-order valence-electron chi connectivity index (χ1n) is 12.7. The van der Waals surface area contributed by atoms with Gasteiger partial charge in [-0.25, -0.2) is 9.69 Å². The number of nitrogens with one attached hydrogen (secondary N) is 1. The van der Waals surface area contributed by atoms with E-state index in [-0.39, 0.29) is 0 Å². The minimum Gasteiger partial charge on any atom is -0.497 e. The number of amides is 2. The third-order valence-corrected chi connectivity index (χ3v) is 7.48. The van der Waals surface area contributed by atoms with E-state index in [0.717, 1.165) is 4.90 Å². The van der Waals surface area contributed by atoms with Gasteiger partial charge in [-0.05, 0) is 42.8 Å². The Morgan fingerprint density at radius 2 is 1.59 bits per heavy atom. The van der Waals surface area contributed by atoms with Crippen molar-refractivity contribution < 1.29 is 33.3 Å². The van der Waals surface area contributed by atoms with Gasteiger partial charge in [-0.1, -0.05) is 36.4 Å². The van der Waals surface area contributed by atoms with Gasteiger partial charge in [0.1, 0.15) is 17.2 Å². The second kappa shape index (κ2) is 10.4. The zero-order chi connectivity index (χ0) is 27.7. The van der Waals surface area contributed by atoms with Crippen LogP contribution in [-0.4, -0.2) is 45.7 Å². The number of hydrogen-bond acceptors (Lipinski definition) is 8. The summed E-state index contributed by atoms with van der Waals surface area (Å²) in [6, 6.07) is 20.1. The Kier molecular flexibility index (Phi) is 7.01. The van der Waals surface area contributed by atoms with Crippen LogP contribution in [-0.2, 0) is 24.7 Å². The highest BCUT2D eigenvalue weighted by atomic mass is 16.5. The number of rotatable bonds is 8. The summed E-state index contributed by atoms with van der Waals surface area (Å²) in [7, 11) is 4.34. The average molecular weight is 531 g/mol. The minimum atomic E-state index is -1.62. The average Bonchev–Trinajstić information content (AvgIpc) is 3.47. The number of imide groups is 1. The van der Waals surface area contributed by atoms with Crippen molar-refractivity contribution >= 4 is 23.5 Å². The molecular weight excluding hydrogens is 500 g/mol. The Balaban J connectivity index is 1.70. The Labute approximate surface area is 226 Å². The van der Waals surface area contributed by atoms with E-state index in [1.807, 2.05) is 13.0 Å². The van der Waals surface area contributed by atoms with Gasteiger partial charge < -0.3 is 18.9 Å². The van der Waals surface area contributed by atoms with Crippen molar-refractivity contribution in [1.29, 1.82) is 0 Å². The van der Waals surface area contributed by atoms with E-state index in [4.69, 9.17) is 18.9 Å². The van der Waals surface area contributed by atoms with E-state index >= 15 is 0 Å². The molecule has 2 aliphatic rings. The van der Waals surface area contributed by atoms with E-state index in [2.05, 4.69) is 5.32 Å². The first-order valence-corrected chi connectivity index (χ1v) is 12.7. The largest absolute Gasteiger partial charge is 0.497 e. The van der Waals surface area contributed by atoms with Crippen molar-refractivity contribution in [3.8, 4) is 17.2 Å². The van der Waals surface area contributed by atoms with Crippen LogP contribution in [0.4, 0.5) is 5.69 Å². The Morgan fingerprint density at radius 1 is 0.897 bits per heavy atom. The van der Waals surface area contributed by atoms with Crippen LogP contribution in [0.3, 0.4) is 0 Å². The minimum absolute atomic E-state index is 0.398. The molecule has 0 saturated carbocycles. The van der Waals surface area contributed by atoms with Gasteiger partial charge in [-0.2, -0.15) is 0 Å². The Morgan fingerprint density at radius 3 is 2.21 bits per heavy atom. The summed E-state index contributed by atoms with van der Waals surface area (Å²) in [5.41, 5.74) is -0.0837. The molecule has 39 heavy (non-hydrogen) atoms. The molecule has 9 heteroatoms. The van der Waals surface area contributed by atoms with Gasteiger partial charge in [0.25, 0.3) is 0 Å². The number of fused-ring (bicyclic) bond motifs is 1. The number of esters is 1. The van der Waals surface area contributed by atoms with Crippen LogP contribution in [0.5, 0.6) is 17.2 Å². The lowest BCUT2D eigenvalue weighted by molar-refractivity contribution is -0.152. The highest BCUT2D eigenvalue weighted by Crippen LogP contribution is 2.55. The molecule has 9 nitrogen and oxygen atoms in total. The third-order valence-electron chi connectivity index (χ3n) is 7.48. The third kappa shape index (κ3) is 4.10. The SMILES string of the molecule is CCOc1ccc(N2C(=O)[C@@H]3[C@@H](c4ccc(OC)cc4OC)N[C@](C(=O)OC)(c4ccccc4)[C@@H]3C2=O)cc1. The molecule has 2 heterocycles. The topological polar surface area (TPSA) is 103 Å². The smallest absolute Gasteiger partial charge is 0.331 e. The van der Waals surface area contributed by atoms with E-state index < -0.39 is 41.2 Å². The van der Waals surface area contributed by atoms with Crippen LogP contribution in [0.25, 0.3) is 0 Å². The van der Waals surface area contributed by atoms with Crippen LogP contribution >= 0.6 is 0 Å². The molecule has 0 bridgehead atoms. The van der Waals surface area contributed by atoms with Crippen LogP contribution in [0.15, 0.2) is 72.8 Å². The van der Waals surface area contributed by atoms with Gasteiger partial charge in [-0.15, -0.1) is 0 Å². The van der Waals surface area contributed by atoms with Crippen molar-refractivity contribution in [3.63, 3.8) is 0 Å². The van der Waals surface area contributed by atoms with Crippen LogP contribution in [0, 0.1) is 11.8 Å². The summed E-state index contributed by atoms with van der Waals surface area (Å²) >= 11 is 0. The highest BCUT2D eigenvalue weighted by molar-refractivity contribution is 6.24. The number of carbonyl (C=O) groups is 3. The van der Waals surface area contributed by atoms with Gasteiger partial charge >= 0.3 is 5.97 Å². The maximum absolute atomic E-state index is 14.2. The Hall–Kier alpha value is -4.37. The fourth-order valence-corrected chi connectivity index (χ4v) is 5.80. The quantitative estimate of drug-likeness (QED) is 0.348. The summed E-state index contributed by atoms with van der Waals surface area (Å²) in [6.07, 6.45) is 0. The summed E-state index contributed by atoms with van der Waals surface area (Å²) in [6.45, 7) is 2.36. The maximum Gasteiger partial charge on any atom is 0.331 e. The van der Waals surface area contributed by atoms with Crippen molar-refractivity contribution in [2.24, 2.45) is 11.8 Å². The Bertz CT molecular complexity index is 1390. The molecule has 2 amide bonds. The predicted molar refractivity (Wildman–Crippen MR) is 143 cm³/mol. The van der Waals surface area contributed by atoms with Crippen LogP contribution < -0.4 is 24.4 Å². The normalized spacial score (nSPS) is 23.9. The molecule has 0 radical (unpaired) electrons. The zero-order valence-electron chi connectivity index (χ0n) is 22.2. The number of carbonyl (C=O) groups excluding carboxylic acids is 3. The predicted octanol–water partition coefficient (Wildman–Crippen LogP) is 3.62. The first-order chi connectivity index (χ1) is 18.9. The molecule has 0 unspecified atom stereocenters. The molecule has 3 aromatic rings. The lowest BCUT2D eigenvalue weighted by Crippen LogP contribution is -2.53. The summed E-state index contributed by atoms with van der Waals surface area (Å²) in [5, 5.41) is 3.38. The van der Waals surface area contributed by atoms with Gasteiger partial charge in [-0.3, -0.25) is 14.9 Å². The lowest BCUT2D eigenvalue weighted by Gasteiger charge is -2.33. The van der Waals surface area contributed by atoms with Gasteiger partial charge in [0.05, 0.1) is 45.5 Å². The van der Waals surface area contributed by atoms with Crippen LogP contribution in [0.1, 0.15) is 24.1 Å². The van der Waals surface area contributed by atoms with Crippen molar-refractivity contribution in [3.05, 3.63) is 83.9 Å². The van der Waals surface area contributed by atoms with Gasteiger partial charge in [0.2, 0.25) is 11.8 Å². The monoisotopic (exact) mass is 530 g/mol. The van der Waals surface area contributed by atoms with E-state index in [0.29, 0.717) is 40.7 Å². The number of ether oxygens (including phenoxy) is 4. The number of benzene rings is 3. The number of anilines is 1. The number of hydrogen-bond donors (Lipinski definition) is 1. The van der Waals surface area contributed by atoms with Crippen molar-refractivity contribution in [1.82, 2.24) is 5.32 Å². The van der Waals surface area contributed by atoms with Crippen molar-refractivity contribution in [2.45, 2.75) is 18.5 Å². The highest BCUT2D eigenvalue weighted by Gasteiger charge is 2.70. The molecule has 0 spiro atoms. The fourth-order valence-electron chi connectivity index (χ4n) is 5.80. The molecule has 5 rings (SSSR count). The second-order valence-corrected chi connectivity index (χ2v) is 9.34. The zero-order valence-corrected chi connectivity index (χ0v) is 22.2. The maximum atomic E-state index is 14.2. The van der Waals surface area contributed by atoms with Crippen LogP contribution in [0.2, 0.25) is 0 Å². The number of methoxy groups -OCH3 is 3. The summed E-state index contributed by atoms with van der Waals surface area (Å²) < 4.78 is 21.8. The summed E-state index contributed by atoms with van der Waals surface area (Å²) in [4.78, 5) is 43.2. The summed E-state index contributed by atoms with van der Waals surface area (Å²) in [5.74, 6) is -1.94. The molecule has 2 fully saturated rings. The molecule has 2 saturated heterocycles. The molecule has 0 aromatic heterocycles. The second-order valence-electron chi connectivity index (χ2n) is 9.34. The van der Waals surface area contributed by atoms with E-state index in [9.17, 15) is 14.4 Å². The van der Waals surface area contributed by atoms with E-state index in [1.54, 1.807) is 73.8 Å². The molecule has 1 N–H and O–H groups in total. The molecule has 2 aliphatic heterocycles. The van der Waals surface area contributed by atoms with Crippen molar-refractivity contribution in [2.75, 3.05) is 32.8 Å². The first kappa shape index (κ1) is 26.2. The van der Waals surface area contributed by atoms with Gasteiger partial charge in [0, 0.05) is 17.7 Å². The molecular formula is C30H30N2O7. The lowest BCUT2D eigenvalue weighted by atomic mass is 9.75.